The van der Waals surface area contributed by atoms with Crippen molar-refractivity contribution < 1.29 is 19.5 Å². The largest absolute Gasteiger partial charge is 0.480 e. The van der Waals surface area contributed by atoms with Crippen molar-refractivity contribution in [2.75, 3.05) is 6.54 Å². The molecule has 6 heteroatoms. The van der Waals surface area contributed by atoms with Gasteiger partial charge in [0.15, 0.2) is 0 Å². The lowest BCUT2D eigenvalue weighted by Crippen LogP contribution is -2.60. The van der Waals surface area contributed by atoms with Gasteiger partial charge in [-0.1, -0.05) is 18.2 Å². The third-order valence-electron chi connectivity index (χ3n) is 4.23. The van der Waals surface area contributed by atoms with E-state index in [1.54, 1.807) is 12.1 Å². The van der Waals surface area contributed by atoms with E-state index in [4.69, 9.17) is 0 Å². The van der Waals surface area contributed by atoms with E-state index >= 15 is 0 Å². The fourth-order valence-electron chi connectivity index (χ4n) is 2.84. The third kappa shape index (κ3) is 2.26. The molecule has 110 valence electrons. The predicted octanol–water partition coefficient (Wildman–Crippen LogP) is 0.766. The second-order valence-electron chi connectivity index (χ2n) is 5.61. The predicted molar refractivity (Wildman–Crippen MR) is 73.5 cm³/mol. The van der Waals surface area contributed by atoms with Crippen LogP contribution in [0.25, 0.3) is 0 Å². The van der Waals surface area contributed by atoms with E-state index in [9.17, 15) is 19.5 Å². The molecule has 0 bridgehead atoms. The summed E-state index contributed by atoms with van der Waals surface area (Å²) in [6.45, 7) is 0.283. The van der Waals surface area contributed by atoms with E-state index < -0.39 is 17.4 Å². The van der Waals surface area contributed by atoms with Gasteiger partial charge in [0.2, 0.25) is 5.91 Å². The van der Waals surface area contributed by atoms with Crippen LogP contribution in [0.3, 0.4) is 0 Å². The van der Waals surface area contributed by atoms with Crippen LogP contribution in [0.15, 0.2) is 24.3 Å². The van der Waals surface area contributed by atoms with Crippen LogP contribution in [0.1, 0.15) is 35.2 Å². The summed E-state index contributed by atoms with van der Waals surface area (Å²) in [6, 6.07) is 7.23. The lowest BCUT2D eigenvalue weighted by Gasteiger charge is -2.38. The van der Waals surface area contributed by atoms with Gasteiger partial charge in [-0.25, -0.2) is 4.79 Å². The van der Waals surface area contributed by atoms with E-state index in [1.165, 1.54) is 4.90 Å². The Morgan fingerprint density at radius 3 is 2.57 bits per heavy atom. The fraction of sp³-hybridized carbons (Fsp3) is 0.400. The quantitative estimate of drug-likeness (QED) is 0.856. The summed E-state index contributed by atoms with van der Waals surface area (Å²) in [5.74, 6) is -1.60. The van der Waals surface area contributed by atoms with Gasteiger partial charge >= 0.3 is 5.97 Å². The summed E-state index contributed by atoms with van der Waals surface area (Å²) < 4.78 is 0. The van der Waals surface area contributed by atoms with Gasteiger partial charge in [-0.05, 0) is 30.9 Å². The minimum absolute atomic E-state index is 0.109. The van der Waals surface area contributed by atoms with E-state index in [1.807, 2.05) is 12.1 Å². The first-order valence-corrected chi connectivity index (χ1v) is 6.93. The van der Waals surface area contributed by atoms with Crippen LogP contribution < -0.4 is 5.32 Å². The molecule has 2 N–H and O–H groups in total. The number of fused-ring (bicyclic) bond motifs is 1. The van der Waals surface area contributed by atoms with Crippen LogP contribution in [-0.2, 0) is 16.1 Å². The molecule has 1 heterocycles. The number of nitrogens with one attached hydrogen (secondary N) is 1. The Bertz CT molecular complexity index is 622. The summed E-state index contributed by atoms with van der Waals surface area (Å²) in [4.78, 5) is 36.8. The maximum atomic E-state index is 12.1. The molecule has 6 nitrogen and oxygen atoms in total. The number of carboxylic acid groups (broad SMARTS) is 1. The van der Waals surface area contributed by atoms with Gasteiger partial charge in [0.1, 0.15) is 12.1 Å². The Morgan fingerprint density at radius 2 is 2.00 bits per heavy atom. The van der Waals surface area contributed by atoms with Crippen molar-refractivity contribution in [1.82, 2.24) is 10.2 Å². The lowest BCUT2D eigenvalue weighted by atomic mass is 9.77. The van der Waals surface area contributed by atoms with Gasteiger partial charge < -0.3 is 15.3 Å². The van der Waals surface area contributed by atoms with Crippen LogP contribution in [0, 0.1) is 0 Å². The number of nitrogens with zero attached hydrogens (tertiary/aromatic N) is 1. The zero-order valence-corrected chi connectivity index (χ0v) is 11.5. The number of hydrogen-bond acceptors (Lipinski definition) is 3. The highest BCUT2D eigenvalue weighted by molar-refractivity contribution is 6.00. The van der Waals surface area contributed by atoms with E-state index in [2.05, 4.69) is 5.32 Å². The number of carboxylic acids is 1. The first-order valence-electron chi connectivity index (χ1n) is 6.93. The molecule has 1 saturated carbocycles. The van der Waals surface area contributed by atoms with Crippen LogP contribution in [-0.4, -0.2) is 39.9 Å². The Labute approximate surface area is 121 Å². The second kappa shape index (κ2) is 4.87. The van der Waals surface area contributed by atoms with E-state index in [0.717, 1.165) is 12.0 Å². The van der Waals surface area contributed by atoms with Gasteiger partial charge in [0.25, 0.3) is 5.91 Å². The van der Waals surface area contributed by atoms with Crippen LogP contribution >= 0.6 is 0 Å². The average Bonchev–Trinajstić information content (AvgIpc) is 2.71. The normalized spacial score (nSPS) is 18.9. The van der Waals surface area contributed by atoms with Crippen molar-refractivity contribution in [2.45, 2.75) is 31.3 Å². The number of aliphatic carboxylic acids is 1. The van der Waals surface area contributed by atoms with Crippen molar-refractivity contribution in [3.05, 3.63) is 35.4 Å². The number of carbonyl (C=O) groups excluding carboxylic acids is 2. The lowest BCUT2D eigenvalue weighted by molar-refractivity contribution is -0.151. The highest BCUT2D eigenvalue weighted by Crippen LogP contribution is 2.32. The molecule has 1 aromatic carbocycles. The highest BCUT2D eigenvalue weighted by atomic mass is 16.4. The highest BCUT2D eigenvalue weighted by Gasteiger charge is 2.46. The van der Waals surface area contributed by atoms with Crippen molar-refractivity contribution in [3.63, 3.8) is 0 Å². The number of hydrogen-bond donors (Lipinski definition) is 2. The van der Waals surface area contributed by atoms with E-state index in [0.29, 0.717) is 24.9 Å². The van der Waals surface area contributed by atoms with E-state index in [-0.39, 0.29) is 12.5 Å². The smallest absolute Gasteiger partial charge is 0.329 e. The zero-order chi connectivity index (χ0) is 15.0. The van der Waals surface area contributed by atoms with Gasteiger partial charge in [0.05, 0.1) is 0 Å². The standard InChI is InChI=1S/C15H16N2O4/c18-12(16-15(14(20)21)6-3-7-15)9-17-8-10-4-1-2-5-11(10)13(17)19/h1-2,4-5H,3,6-9H2,(H,16,18)(H,20,21). The molecule has 1 fully saturated rings. The van der Waals surface area contributed by atoms with Gasteiger partial charge in [0, 0.05) is 12.1 Å². The molecule has 1 aliphatic heterocycles. The molecule has 0 spiro atoms. The number of carbonyl (C=O) groups is 3. The monoisotopic (exact) mass is 288 g/mol. The zero-order valence-electron chi connectivity index (χ0n) is 11.5. The van der Waals surface area contributed by atoms with Gasteiger partial charge in [-0.3, -0.25) is 9.59 Å². The van der Waals surface area contributed by atoms with Crippen molar-refractivity contribution in [3.8, 4) is 0 Å². The second-order valence-corrected chi connectivity index (χ2v) is 5.61. The summed E-state index contributed by atoms with van der Waals surface area (Å²) in [5, 5.41) is 11.8. The molecule has 0 saturated heterocycles. The molecule has 0 unspecified atom stereocenters. The third-order valence-corrected chi connectivity index (χ3v) is 4.23. The Balaban J connectivity index is 1.65. The molecule has 1 aliphatic carbocycles. The minimum Gasteiger partial charge on any atom is -0.480 e. The number of rotatable bonds is 4. The first-order chi connectivity index (χ1) is 10.0. The number of amides is 2. The summed E-state index contributed by atoms with van der Waals surface area (Å²) in [7, 11) is 0. The SMILES string of the molecule is O=C(CN1Cc2ccccc2C1=O)NC1(C(=O)O)CCC1. The molecule has 2 aliphatic rings. The molecule has 2 amide bonds. The van der Waals surface area contributed by atoms with Crippen LogP contribution in [0.5, 0.6) is 0 Å². The maximum absolute atomic E-state index is 12.1. The summed E-state index contributed by atoms with van der Waals surface area (Å²) in [5.41, 5.74) is 0.376. The maximum Gasteiger partial charge on any atom is 0.329 e. The first kappa shape index (κ1) is 13.6. The molecule has 0 radical (unpaired) electrons. The molecule has 21 heavy (non-hydrogen) atoms. The number of benzene rings is 1. The van der Waals surface area contributed by atoms with Gasteiger partial charge in [-0.2, -0.15) is 0 Å². The Morgan fingerprint density at radius 1 is 1.29 bits per heavy atom. The molecule has 0 atom stereocenters. The van der Waals surface area contributed by atoms with Crippen molar-refractivity contribution in [1.29, 1.82) is 0 Å². The average molecular weight is 288 g/mol. The van der Waals surface area contributed by atoms with Crippen LogP contribution in [0.2, 0.25) is 0 Å². The molecule has 0 aromatic heterocycles. The van der Waals surface area contributed by atoms with Crippen molar-refractivity contribution >= 4 is 17.8 Å². The summed E-state index contributed by atoms with van der Waals surface area (Å²) >= 11 is 0. The fourth-order valence-corrected chi connectivity index (χ4v) is 2.84. The van der Waals surface area contributed by atoms with Gasteiger partial charge in [-0.15, -0.1) is 0 Å². The summed E-state index contributed by atoms with van der Waals surface area (Å²) in [6.07, 6.45) is 1.69. The Hall–Kier alpha value is -2.37. The molecule has 3 rings (SSSR count). The molecular formula is C15H16N2O4. The topological polar surface area (TPSA) is 86.7 Å². The molecular weight excluding hydrogens is 272 g/mol. The molecule has 1 aromatic rings. The van der Waals surface area contributed by atoms with Crippen molar-refractivity contribution in [2.24, 2.45) is 0 Å². The minimum atomic E-state index is -1.13. The Kier molecular flexibility index (Phi) is 3.16. The van der Waals surface area contributed by atoms with Crippen LogP contribution in [0.4, 0.5) is 0 Å².